The molecule has 0 saturated carbocycles. The van der Waals surface area contributed by atoms with Gasteiger partial charge in [0.2, 0.25) is 0 Å². The first kappa shape index (κ1) is 16.4. The molecule has 1 aromatic rings. The van der Waals surface area contributed by atoms with E-state index in [1.54, 1.807) is 12.1 Å². The molecule has 0 atom stereocenters. The van der Waals surface area contributed by atoms with Crippen LogP contribution >= 0.6 is 0 Å². The molecule has 1 aromatic carbocycles. The molecule has 0 aliphatic carbocycles. The summed E-state index contributed by atoms with van der Waals surface area (Å²) in [5.41, 5.74) is 6.00. The number of hydrogen-bond acceptors (Lipinski definition) is 4. The number of nitrogens with two attached hydrogens (primary N) is 1. The van der Waals surface area contributed by atoms with Crippen LogP contribution < -0.4 is 5.73 Å². The zero-order chi connectivity index (χ0) is 15.0. The Hall–Kier alpha value is -1.66. The Morgan fingerprint density at radius 2 is 2.15 bits per heavy atom. The number of benzene rings is 1. The molecule has 5 nitrogen and oxygen atoms in total. The fourth-order valence-electron chi connectivity index (χ4n) is 1.99. The number of halogens is 1. The molecule has 6 heteroatoms. The minimum absolute atomic E-state index is 0.0330. The van der Waals surface area contributed by atoms with Gasteiger partial charge in [-0.3, -0.25) is 4.90 Å². The first-order chi connectivity index (χ1) is 9.63. The van der Waals surface area contributed by atoms with Crippen LogP contribution in [0, 0.1) is 5.82 Å². The predicted octanol–water partition coefficient (Wildman–Crippen LogP) is 1.51. The molecule has 0 saturated heterocycles. The third-order valence-electron chi connectivity index (χ3n) is 3.10. The van der Waals surface area contributed by atoms with Crippen molar-refractivity contribution in [3.8, 4) is 0 Å². The van der Waals surface area contributed by atoms with Crippen molar-refractivity contribution >= 4 is 5.84 Å². The quantitative estimate of drug-likeness (QED) is 0.292. The Balaban J connectivity index is 2.89. The summed E-state index contributed by atoms with van der Waals surface area (Å²) in [6.45, 7) is 3.79. The van der Waals surface area contributed by atoms with Gasteiger partial charge in [-0.1, -0.05) is 30.6 Å². The van der Waals surface area contributed by atoms with Gasteiger partial charge >= 0.3 is 0 Å². The van der Waals surface area contributed by atoms with Crippen LogP contribution in [0.25, 0.3) is 0 Å². The zero-order valence-corrected chi connectivity index (χ0v) is 11.7. The van der Waals surface area contributed by atoms with Gasteiger partial charge in [0.15, 0.2) is 5.84 Å². The molecule has 0 unspecified atom stereocenters. The number of amidine groups is 1. The van der Waals surface area contributed by atoms with E-state index in [9.17, 15) is 4.39 Å². The maximum atomic E-state index is 14.3. The molecule has 0 heterocycles. The predicted molar refractivity (Wildman–Crippen MR) is 76.2 cm³/mol. The zero-order valence-electron chi connectivity index (χ0n) is 11.7. The monoisotopic (exact) mass is 283 g/mol. The summed E-state index contributed by atoms with van der Waals surface area (Å²) < 4.78 is 14.3. The van der Waals surface area contributed by atoms with E-state index in [4.69, 9.17) is 16.0 Å². The maximum absolute atomic E-state index is 14.3. The second-order valence-electron chi connectivity index (χ2n) is 4.62. The first-order valence-corrected chi connectivity index (χ1v) is 6.72. The van der Waals surface area contributed by atoms with Crippen LogP contribution in [-0.4, -0.2) is 40.7 Å². The van der Waals surface area contributed by atoms with E-state index >= 15 is 0 Å². The lowest BCUT2D eigenvalue weighted by Crippen LogP contribution is -2.28. The lowest BCUT2D eigenvalue weighted by Gasteiger charge is -2.21. The van der Waals surface area contributed by atoms with Crippen LogP contribution in [0.4, 0.5) is 4.39 Å². The highest BCUT2D eigenvalue weighted by Gasteiger charge is 2.14. The molecule has 0 amide bonds. The molecule has 1 rings (SSSR count). The van der Waals surface area contributed by atoms with Crippen molar-refractivity contribution < 1.29 is 14.7 Å². The lowest BCUT2D eigenvalue weighted by molar-refractivity contribution is 0.187. The Morgan fingerprint density at radius 3 is 2.75 bits per heavy atom. The number of rotatable bonds is 8. The van der Waals surface area contributed by atoms with Crippen LogP contribution in [0.2, 0.25) is 0 Å². The average Bonchev–Trinajstić information content (AvgIpc) is 2.46. The summed E-state index contributed by atoms with van der Waals surface area (Å²) in [6.07, 6.45) is 2.02. The fourth-order valence-corrected chi connectivity index (χ4v) is 1.99. The topological polar surface area (TPSA) is 82.1 Å². The molecule has 0 aliphatic rings. The highest BCUT2D eigenvalue weighted by molar-refractivity contribution is 5.97. The molecule has 112 valence electrons. The Labute approximate surface area is 118 Å². The first-order valence-electron chi connectivity index (χ1n) is 6.72. The summed E-state index contributed by atoms with van der Waals surface area (Å²) in [4.78, 5) is 1.98. The number of nitrogens with zero attached hydrogens (tertiary/aromatic N) is 2. The van der Waals surface area contributed by atoms with Crippen molar-refractivity contribution in [2.24, 2.45) is 10.9 Å². The summed E-state index contributed by atoms with van der Waals surface area (Å²) in [5, 5.41) is 20.5. The van der Waals surface area contributed by atoms with Crippen LogP contribution in [0.5, 0.6) is 0 Å². The summed E-state index contributed by atoms with van der Waals surface area (Å²) in [6, 6.07) is 4.80. The molecular weight excluding hydrogens is 261 g/mol. The number of aliphatic hydroxyl groups is 1. The maximum Gasteiger partial charge on any atom is 0.173 e. The van der Waals surface area contributed by atoms with Gasteiger partial charge in [-0.25, -0.2) is 4.39 Å². The fraction of sp³-hybridized carbons (Fsp3) is 0.500. The van der Waals surface area contributed by atoms with E-state index in [0.717, 1.165) is 19.4 Å². The second-order valence-corrected chi connectivity index (χ2v) is 4.62. The SMILES string of the molecule is CCCCN(CCO)Cc1cccc(/C(N)=N/O)c1F. The number of unbranched alkanes of at least 4 members (excludes halogenated alkanes) is 1. The number of oxime groups is 1. The van der Waals surface area contributed by atoms with E-state index in [-0.39, 0.29) is 18.0 Å². The van der Waals surface area contributed by atoms with Crippen molar-refractivity contribution in [3.05, 3.63) is 35.1 Å². The number of aliphatic hydroxyl groups excluding tert-OH is 1. The van der Waals surface area contributed by atoms with Crippen LogP contribution in [0.1, 0.15) is 30.9 Å². The largest absolute Gasteiger partial charge is 0.409 e. The minimum Gasteiger partial charge on any atom is -0.409 e. The number of hydrogen-bond donors (Lipinski definition) is 3. The third kappa shape index (κ3) is 4.47. The van der Waals surface area contributed by atoms with Gasteiger partial charge in [0.1, 0.15) is 5.82 Å². The Kier molecular flexibility index (Phi) is 6.97. The van der Waals surface area contributed by atoms with Gasteiger partial charge < -0.3 is 16.0 Å². The molecule has 4 N–H and O–H groups in total. The van der Waals surface area contributed by atoms with E-state index < -0.39 is 5.82 Å². The molecule has 0 radical (unpaired) electrons. The van der Waals surface area contributed by atoms with E-state index in [1.165, 1.54) is 6.07 Å². The highest BCUT2D eigenvalue weighted by atomic mass is 19.1. The summed E-state index contributed by atoms with van der Waals surface area (Å²) in [7, 11) is 0. The van der Waals surface area contributed by atoms with Crippen LogP contribution in [0.3, 0.4) is 0 Å². The van der Waals surface area contributed by atoms with Gasteiger partial charge in [-0.15, -0.1) is 0 Å². The standard InChI is InChI=1S/C14H22FN3O2/c1-2-3-7-18(8-9-19)10-11-5-4-6-12(13(11)15)14(16)17-20/h4-6,19-20H,2-3,7-10H2,1H3,(H2,16,17). The molecule has 0 spiro atoms. The molecule has 0 aliphatic heterocycles. The lowest BCUT2D eigenvalue weighted by atomic mass is 10.1. The van der Waals surface area contributed by atoms with Crippen molar-refractivity contribution in [1.29, 1.82) is 0 Å². The molecule has 0 bridgehead atoms. The molecule has 0 aromatic heterocycles. The van der Waals surface area contributed by atoms with Gasteiger partial charge in [0.25, 0.3) is 0 Å². The van der Waals surface area contributed by atoms with Crippen molar-refractivity contribution in [2.45, 2.75) is 26.3 Å². The molecule has 20 heavy (non-hydrogen) atoms. The summed E-state index contributed by atoms with van der Waals surface area (Å²) in [5.74, 6) is -0.728. The van der Waals surface area contributed by atoms with Crippen LogP contribution in [-0.2, 0) is 6.54 Å². The Morgan fingerprint density at radius 1 is 1.40 bits per heavy atom. The van der Waals surface area contributed by atoms with Gasteiger partial charge in [-0.2, -0.15) is 0 Å². The minimum atomic E-state index is -0.484. The average molecular weight is 283 g/mol. The van der Waals surface area contributed by atoms with E-state index in [2.05, 4.69) is 12.1 Å². The van der Waals surface area contributed by atoms with Crippen molar-refractivity contribution in [3.63, 3.8) is 0 Å². The molecular formula is C14H22FN3O2. The third-order valence-corrected chi connectivity index (χ3v) is 3.10. The van der Waals surface area contributed by atoms with Gasteiger partial charge in [-0.05, 0) is 19.0 Å². The Bertz CT molecular complexity index is 452. The highest BCUT2D eigenvalue weighted by Crippen LogP contribution is 2.15. The van der Waals surface area contributed by atoms with Gasteiger partial charge in [0, 0.05) is 18.7 Å². The normalized spacial score (nSPS) is 12.1. The smallest absolute Gasteiger partial charge is 0.173 e. The van der Waals surface area contributed by atoms with Gasteiger partial charge in [0.05, 0.1) is 12.2 Å². The molecule has 0 fully saturated rings. The van der Waals surface area contributed by atoms with Crippen molar-refractivity contribution in [2.75, 3.05) is 19.7 Å². The van der Waals surface area contributed by atoms with Crippen molar-refractivity contribution in [1.82, 2.24) is 4.90 Å². The van der Waals surface area contributed by atoms with E-state index in [0.29, 0.717) is 18.7 Å². The van der Waals surface area contributed by atoms with E-state index in [1.807, 2.05) is 4.90 Å². The van der Waals surface area contributed by atoms with Crippen LogP contribution in [0.15, 0.2) is 23.4 Å². The summed E-state index contributed by atoms with van der Waals surface area (Å²) >= 11 is 0. The second kappa shape index (κ2) is 8.50.